The van der Waals surface area contributed by atoms with Crippen molar-refractivity contribution in [2.75, 3.05) is 0 Å². The van der Waals surface area contributed by atoms with Crippen LogP contribution in [0.25, 0.3) is 0 Å². The van der Waals surface area contributed by atoms with E-state index in [4.69, 9.17) is 0 Å². The Bertz CT molecular complexity index is 499. The van der Waals surface area contributed by atoms with Crippen molar-refractivity contribution in [1.82, 2.24) is 10.6 Å². The van der Waals surface area contributed by atoms with E-state index >= 15 is 0 Å². The highest BCUT2D eigenvalue weighted by Gasteiger charge is 2.34. The number of amides is 1. The van der Waals surface area contributed by atoms with Crippen LogP contribution >= 0.6 is 11.3 Å². The van der Waals surface area contributed by atoms with E-state index in [0.717, 1.165) is 12.8 Å². The fraction of sp³-hybridized carbons (Fsp3) is 0.571. The van der Waals surface area contributed by atoms with Gasteiger partial charge in [-0.25, -0.2) is 0 Å². The van der Waals surface area contributed by atoms with Crippen LogP contribution in [0.1, 0.15) is 52.6 Å². The Morgan fingerprint density at radius 1 is 1.32 bits per heavy atom. The Morgan fingerprint density at radius 3 is 2.58 bits per heavy atom. The lowest BCUT2D eigenvalue weighted by atomic mass is 10.00. The normalized spacial score (nSPS) is 29.2. The molecule has 0 saturated carbocycles. The van der Waals surface area contributed by atoms with E-state index in [0.29, 0.717) is 22.5 Å². The molecule has 0 aromatic carbocycles. The van der Waals surface area contributed by atoms with Crippen LogP contribution in [0.5, 0.6) is 0 Å². The highest BCUT2D eigenvalue weighted by molar-refractivity contribution is 7.12. The first-order valence-electron chi connectivity index (χ1n) is 6.78. The summed E-state index contributed by atoms with van der Waals surface area (Å²) in [5.74, 6) is -0.0287. The molecule has 4 nitrogen and oxygen atoms in total. The summed E-state index contributed by atoms with van der Waals surface area (Å²) in [4.78, 5) is 24.0. The van der Waals surface area contributed by atoms with Gasteiger partial charge in [0.2, 0.25) is 0 Å². The Morgan fingerprint density at radius 2 is 2.00 bits per heavy atom. The van der Waals surface area contributed by atoms with Gasteiger partial charge in [-0.2, -0.15) is 0 Å². The fourth-order valence-electron chi connectivity index (χ4n) is 3.07. The van der Waals surface area contributed by atoms with Gasteiger partial charge in [0.25, 0.3) is 5.91 Å². The molecule has 102 valence electrons. The topological polar surface area (TPSA) is 58.2 Å². The monoisotopic (exact) mass is 278 g/mol. The lowest BCUT2D eigenvalue weighted by Crippen LogP contribution is -2.47. The molecule has 2 atom stereocenters. The number of fused-ring (bicyclic) bond motifs is 2. The second-order valence-electron chi connectivity index (χ2n) is 5.54. The minimum absolute atomic E-state index is 0.00945. The SMILES string of the molecule is CC(=O)c1csc(C(=O)NC2CC3CCC(C2)N3)c1. The summed E-state index contributed by atoms with van der Waals surface area (Å²) in [5, 5.41) is 8.42. The van der Waals surface area contributed by atoms with Gasteiger partial charge in [0.1, 0.15) is 0 Å². The third kappa shape index (κ3) is 2.72. The lowest BCUT2D eigenvalue weighted by Gasteiger charge is -2.29. The molecular formula is C14H18N2O2S. The highest BCUT2D eigenvalue weighted by Crippen LogP contribution is 2.27. The Balaban J connectivity index is 1.62. The Kier molecular flexibility index (Phi) is 3.41. The van der Waals surface area contributed by atoms with Crippen molar-refractivity contribution in [1.29, 1.82) is 0 Å². The summed E-state index contributed by atoms with van der Waals surface area (Å²) in [6.07, 6.45) is 4.50. The van der Waals surface area contributed by atoms with Crippen LogP contribution in [-0.2, 0) is 0 Å². The van der Waals surface area contributed by atoms with Crippen molar-refractivity contribution in [2.24, 2.45) is 0 Å². The van der Waals surface area contributed by atoms with Crippen molar-refractivity contribution >= 4 is 23.0 Å². The molecule has 2 saturated heterocycles. The van der Waals surface area contributed by atoms with Gasteiger partial charge in [0.05, 0.1) is 4.88 Å². The van der Waals surface area contributed by atoms with Crippen molar-refractivity contribution in [3.63, 3.8) is 0 Å². The Hall–Kier alpha value is -1.20. The molecule has 1 aromatic rings. The maximum Gasteiger partial charge on any atom is 0.261 e. The van der Waals surface area contributed by atoms with Gasteiger partial charge in [-0.15, -0.1) is 11.3 Å². The fourth-order valence-corrected chi connectivity index (χ4v) is 3.92. The second-order valence-corrected chi connectivity index (χ2v) is 6.45. The summed E-state index contributed by atoms with van der Waals surface area (Å²) in [6.45, 7) is 1.52. The first-order valence-corrected chi connectivity index (χ1v) is 7.66. The first kappa shape index (κ1) is 12.8. The zero-order valence-corrected chi connectivity index (χ0v) is 11.8. The Labute approximate surface area is 116 Å². The van der Waals surface area contributed by atoms with E-state index in [-0.39, 0.29) is 17.7 Å². The molecule has 5 heteroatoms. The molecule has 2 aliphatic rings. The average molecular weight is 278 g/mol. The van der Waals surface area contributed by atoms with Gasteiger partial charge in [-0.3, -0.25) is 9.59 Å². The van der Waals surface area contributed by atoms with Crippen LogP contribution in [0.3, 0.4) is 0 Å². The molecule has 19 heavy (non-hydrogen) atoms. The maximum absolute atomic E-state index is 12.2. The third-order valence-electron chi connectivity index (χ3n) is 4.04. The molecule has 1 aromatic heterocycles. The molecular weight excluding hydrogens is 260 g/mol. The molecule has 0 radical (unpaired) electrons. The van der Waals surface area contributed by atoms with Crippen LogP contribution in [0, 0.1) is 0 Å². The molecule has 2 N–H and O–H groups in total. The van der Waals surface area contributed by atoms with Crippen LogP contribution < -0.4 is 10.6 Å². The summed E-state index contributed by atoms with van der Waals surface area (Å²) in [6, 6.07) is 3.10. The summed E-state index contributed by atoms with van der Waals surface area (Å²) in [5.41, 5.74) is 0.625. The average Bonchev–Trinajstić information content (AvgIpc) is 2.96. The molecule has 2 bridgehead atoms. The maximum atomic E-state index is 12.2. The summed E-state index contributed by atoms with van der Waals surface area (Å²) in [7, 11) is 0. The van der Waals surface area contributed by atoms with Gasteiger partial charge >= 0.3 is 0 Å². The molecule has 3 heterocycles. The molecule has 1 amide bonds. The van der Waals surface area contributed by atoms with Crippen molar-refractivity contribution in [2.45, 2.75) is 50.7 Å². The largest absolute Gasteiger partial charge is 0.348 e. The number of rotatable bonds is 3. The van der Waals surface area contributed by atoms with Crippen molar-refractivity contribution in [3.05, 3.63) is 21.9 Å². The lowest BCUT2D eigenvalue weighted by molar-refractivity contribution is 0.0928. The van der Waals surface area contributed by atoms with Crippen LogP contribution in [-0.4, -0.2) is 29.8 Å². The zero-order chi connectivity index (χ0) is 13.4. The van der Waals surface area contributed by atoms with Gasteiger partial charge in [-0.1, -0.05) is 0 Å². The highest BCUT2D eigenvalue weighted by atomic mass is 32.1. The minimum atomic E-state index is -0.0381. The van der Waals surface area contributed by atoms with Crippen LogP contribution in [0.4, 0.5) is 0 Å². The number of ketones is 1. The second kappa shape index (κ2) is 5.06. The quantitative estimate of drug-likeness (QED) is 0.831. The first-order chi connectivity index (χ1) is 9.11. The van der Waals surface area contributed by atoms with Crippen molar-refractivity contribution in [3.8, 4) is 0 Å². The van der Waals surface area contributed by atoms with E-state index in [2.05, 4.69) is 10.6 Å². The van der Waals surface area contributed by atoms with Crippen LogP contribution in [0.2, 0.25) is 0 Å². The number of hydrogen-bond donors (Lipinski definition) is 2. The van der Waals surface area contributed by atoms with E-state index in [1.54, 1.807) is 11.4 Å². The predicted octanol–water partition coefficient (Wildman–Crippen LogP) is 1.96. The zero-order valence-electron chi connectivity index (χ0n) is 10.9. The van der Waals surface area contributed by atoms with Gasteiger partial charge in [0.15, 0.2) is 5.78 Å². The number of piperidine rings is 1. The number of Topliss-reactive ketones (excluding diaryl/α,β-unsaturated/α-hetero) is 1. The molecule has 2 unspecified atom stereocenters. The van der Waals surface area contributed by atoms with Gasteiger partial charge < -0.3 is 10.6 Å². The van der Waals surface area contributed by atoms with Gasteiger partial charge in [0, 0.05) is 29.1 Å². The van der Waals surface area contributed by atoms with Gasteiger partial charge in [-0.05, 0) is 38.7 Å². The predicted molar refractivity (Wildman–Crippen MR) is 74.8 cm³/mol. The number of thiophene rings is 1. The molecule has 0 aliphatic carbocycles. The van der Waals surface area contributed by atoms with E-state index in [9.17, 15) is 9.59 Å². The van der Waals surface area contributed by atoms with Crippen LogP contribution in [0.15, 0.2) is 11.4 Å². The van der Waals surface area contributed by atoms with E-state index < -0.39 is 0 Å². The summed E-state index contributed by atoms with van der Waals surface area (Å²) < 4.78 is 0. The molecule has 2 fully saturated rings. The number of carbonyl (C=O) groups excluding carboxylic acids is 2. The van der Waals surface area contributed by atoms with E-state index in [1.807, 2.05) is 0 Å². The number of nitrogens with one attached hydrogen (secondary N) is 2. The van der Waals surface area contributed by atoms with E-state index in [1.165, 1.54) is 31.1 Å². The number of hydrogen-bond acceptors (Lipinski definition) is 4. The molecule has 0 spiro atoms. The smallest absolute Gasteiger partial charge is 0.261 e. The third-order valence-corrected chi connectivity index (χ3v) is 4.97. The standard InChI is InChI=1S/C14H18N2O2S/c1-8(17)9-4-13(19-7-9)14(18)16-12-5-10-2-3-11(6-12)15-10/h4,7,10-12,15H,2-3,5-6H2,1H3,(H,16,18). The van der Waals surface area contributed by atoms with Crippen molar-refractivity contribution < 1.29 is 9.59 Å². The summed E-state index contributed by atoms with van der Waals surface area (Å²) >= 11 is 1.34. The molecule has 3 rings (SSSR count). The minimum Gasteiger partial charge on any atom is -0.348 e. The number of carbonyl (C=O) groups is 2. The molecule has 2 aliphatic heterocycles.